The number of anilines is 2. The van der Waals surface area contributed by atoms with Crippen molar-refractivity contribution < 1.29 is 0 Å². The van der Waals surface area contributed by atoms with E-state index < -0.39 is 0 Å². The lowest BCUT2D eigenvalue weighted by molar-refractivity contribution is 0.972. The van der Waals surface area contributed by atoms with Crippen LogP contribution in [0.25, 0.3) is 10.9 Å². The molecule has 0 atom stereocenters. The van der Waals surface area contributed by atoms with Crippen LogP contribution >= 0.6 is 11.6 Å². The van der Waals surface area contributed by atoms with Gasteiger partial charge in [-0.2, -0.15) is 0 Å². The second-order valence-corrected chi connectivity index (χ2v) is 6.48. The van der Waals surface area contributed by atoms with Crippen molar-refractivity contribution >= 4 is 34.0 Å². The smallest absolute Gasteiger partial charge is 0.135 e. The lowest BCUT2D eigenvalue weighted by atomic mass is 10.1. The molecule has 0 radical (unpaired) electrons. The first kappa shape index (κ1) is 15.7. The average molecular weight is 349 g/mol. The van der Waals surface area contributed by atoms with E-state index in [1.54, 1.807) is 6.20 Å². The fourth-order valence-corrected chi connectivity index (χ4v) is 3.10. The van der Waals surface area contributed by atoms with Gasteiger partial charge in [0.1, 0.15) is 11.6 Å². The Balaban J connectivity index is 1.55. The molecule has 2 aromatic heterocycles. The van der Waals surface area contributed by atoms with E-state index in [0.717, 1.165) is 39.1 Å². The highest BCUT2D eigenvalue weighted by Crippen LogP contribution is 2.22. The van der Waals surface area contributed by atoms with Crippen molar-refractivity contribution in [3.63, 3.8) is 0 Å². The lowest BCUT2D eigenvalue weighted by Crippen LogP contribution is -2.00. The van der Waals surface area contributed by atoms with E-state index >= 15 is 0 Å². The Kier molecular flexibility index (Phi) is 4.12. The van der Waals surface area contributed by atoms with E-state index in [2.05, 4.69) is 45.4 Å². The number of nitrogens with one attached hydrogen (secondary N) is 2. The van der Waals surface area contributed by atoms with E-state index in [1.165, 1.54) is 5.39 Å². The summed E-state index contributed by atoms with van der Waals surface area (Å²) in [6.45, 7) is 2.06. The number of benzene rings is 2. The van der Waals surface area contributed by atoms with Gasteiger partial charge >= 0.3 is 0 Å². The molecule has 2 N–H and O–H groups in total. The fraction of sp³-hybridized carbons (Fsp3) is 0.100. The molecule has 0 aliphatic carbocycles. The van der Waals surface area contributed by atoms with Crippen LogP contribution in [-0.4, -0.2) is 15.0 Å². The molecule has 0 bridgehead atoms. The van der Waals surface area contributed by atoms with Crippen LogP contribution in [0.15, 0.2) is 60.8 Å². The Morgan fingerprint density at radius 2 is 2.00 bits per heavy atom. The van der Waals surface area contributed by atoms with Gasteiger partial charge in [0, 0.05) is 39.9 Å². The largest absolute Gasteiger partial charge is 0.359 e. The van der Waals surface area contributed by atoms with Crippen molar-refractivity contribution in [2.45, 2.75) is 13.3 Å². The number of fused-ring (bicyclic) bond motifs is 1. The predicted octanol–water partition coefficient (Wildman–Crippen LogP) is 5.25. The SMILES string of the molecule is Cc1cc2cc(Nc3ccnc(Cc4cccc(Cl)c4)n3)ccc2[nH]1. The van der Waals surface area contributed by atoms with Crippen LogP contribution in [-0.2, 0) is 6.42 Å². The topological polar surface area (TPSA) is 53.6 Å². The number of hydrogen-bond acceptors (Lipinski definition) is 3. The van der Waals surface area contributed by atoms with Crippen LogP contribution in [0.5, 0.6) is 0 Å². The summed E-state index contributed by atoms with van der Waals surface area (Å²) in [4.78, 5) is 12.3. The van der Waals surface area contributed by atoms with E-state index in [9.17, 15) is 0 Å². The van der Waals surface area contributed by atoms with Crippen molar-refractivity contribution in [2.24, 2.45) is 0 Å². The maximum absolute atomic E-state index is 6.04. The Bertz CT molecular complexity index is 1040. The van der Waals surface area contributed by atoms with E-state index in [-0.39, 0.29) is 0 Å². The third-order valence-electron chi connectivity index (χ3n) is 3.98. The molecule has 124 valence electrons. The molecule has 2 heterocycles. The van der Waals surface area contributed by atoms with Gasteiger partial charge in [0.05, 0.1) is 0 Å². The van der Waals surface area contributed by atoms with Crippen molar-refractivity contribution in [1.82, 2.24) is 15.0 Å². The summed E-state index contributed by atoms with van der Waals surface area (Å²) in [5.41, 5.74) is 4.37. The highest BCUT2D eigenvalue weighted by Gasteiger charge is 2.04. The van der Waals surface area contributed by atoms with Gasteiger partial charge in [-0.05, 0) is 55.0 Å². The first-order valence-electron chi connectivity index (χ1n) is 8.08. The summed E-state index contributed by atoms with van der Waals surface area (Å²) in [6.07, 6.45) is 2.42. The van der Waals surface area contributed by atoms with Crippen LogP contribution in [0.4, 0.5) is 11.5 Å². The molecule has 4 nitrogen and oxygen atoms in total. The summed E-state index contributed by atoms with van der Waals surface area (Å²) in [6, 6.07) is 18.0. The van der Waals surface area contributed by atoms with Gasteiger partial charge < -0.3 is 10.3 Å². The van der Waals surface area contributed by atoms with Crippen molar-refractivity contribution in [3.8, 4) is 0 Å². The zero-order valence-electron chi connectivity index (χ0n) is 13.8. The third-order valence-corrected chi connectivity index (χ3v) is 4.22. The van der Waals surface area contributed by atoms with E-state index in [0.29, 0.717) is 6.42 Å². The summed E-state index contributed by atoms with van der Waals surface area (Å²) >= 11 is 6.04. The third kappa shape index (κ3) is 3.64. The minimum atomic E-state index is 0.645. The minimum absolute atomic E-state index is 0.645. The van der Waals surface area contributed by atoms with Gasteiger partial charge in [-0.3, -0.25) is 0 Å². The minimum Gasteiger partial charge on any atom is -0.359 e. The maximum atomic E-state index is 6.04. The number of halogens is 1. The van der Waals surface area contributed by atoms with E-state index in [4.69, 9.17) is 11.6 Å². The summed E-state index contributed by atoms with van der Waals surface area (Å²) < 4.78 is 0. The first-order chi connectivity index (χ1) is 12.2. The number of nitrogens with zero attached hydrogens (tertiary/aromatic N) is 2. The molecule has 0 unspecified atom stereocenters. The van der Waals surface area contributed by atoms with Crippen molar-refractivity contribution in [2.75, 3.05) is 5.32 Å². The number of aryl methyl sites for hydroxylation is 1. The molecule has 0 spiro atoms. The molecule has 5 heteroatoms. The number of aromatic amines is 1. The Hall–Kier alpha value is -2.85. The number of rotatable bonds is 4. The van der Waals surface area contributed by atoms with Crippen LogP contribution in [0.2, 0.25) is 5.02 Å². The molecule has 4 aromatic rings. The lowest BCUT2D eigenvalue weighted by Gasteiger charge is -2.07. The van der Waals surface area contributed by atoms with E-state index in [1.807, 2.05) is 36.4 Å². The second kappa shape index (κ2) is 6.57. The predicted molar refractivity (Wildman–Crippen MR) is 103 cm³/mol. The van der Waals surface area contributed by atoms with Gasteiger partial charge in [-0.25, -0.2) is 9.97 Å². The van der Waals surface area contributed by atoms with Crippen molar-refractivity contribution in [1.29, 1.82) is 0 Å². The average Bonchev–Trinajstić information content (AvgIpc) is 2.94. The molecule has 0 saturated carbocycles. The van der Waals surface area contributed by atoms with Crippen molar-refractivity contribution in [3.05, 3.63) is 82.9 Å². The standard InChI is InChI=1S/C20H17ClN4/c1-13-9-15-12-17(5-6-18(15)23-13)24-19-7-8-22-20(25-19)11-14-3-2-4-16(21)10-14/h2-10,12,23H,11H2,1H3,(H,22,24,25). The molecule has 4 rings (SSSR count). The zero-order chi connectivity index (χ0) is 17.2. The summed E-state index contributed by atoms with van der Waals surface area (Å²) in [5.74, 6) is 1.53. The Morgan fingerprint density at radius 3 is 2.88 bits per heavy atom. The number of hydrogen-bond donors (Lipinski definition) is 2. The van der Waals surface area contributed by atoms with Crippen LogP contribution in [0.3, 0.4) is 0 Å². The maximum Gasteiger partial charge on any atom is 0.135 e. The molecule has 0 fully saturated rings. The molecular weight excluding hydrogens is 332 g/mol. The van der Waals surface area contributed by atoms with Crippen LogP contribution in [0, 0.1) is 6.92 Å². The first-order valence-corrected chi connectivity index (χ1v) is 8.46. The highest BCUT2D eigenvalue weighted by atomic mass is 35.5. The number of aromatic nitrogens is 3. The Labute approximate surface area is 150 Å². The second-order valence-electron chi connectivity index (χ2n) is 6.04. The van der Waals surface area contributed by atoms with Gasteiger partial charge in [-0.15, -0.1) is 0 Å². The van der Waals surface area contributed by atoms with Crippen LogP contribution in [0.1, 0.15) is 17.1 Å². The normalized spacial score (nSPS) is 11.0. The highest BCUT2D eigenvalue weighted by molar-refractivity contribution is 6.30. The molecule has 0 aliphatic heterocycles. The molecule has 2 aromatic carbocycles. The molecular formula is C20H17ClN4. The van der Waals surface area contributed by atoms with Gasteiger partial charge in [0.15, 0.2) is 0 Å². The molecule has 0 amide bonds. The van der Waals surface area contributed by atoms with Gasteiger partial charge in [0.2, 0.25) is 0 Å². The summed E-state index contributed by atoms with van der Waals surface area (Å²) in [5, 5.41) is 5.25. The van der Waals surface area contributed by atoms with Crippen LogP contribution < -0.4 is 5.32 Å². The molecule has 0 aliphatic rings. The molecule has 0 saturated heterocycles. The quantitative estimate of drug-likeness (QED) is 0.529. The van der Waals surface area contributed by atoms with Gasteiger partial charge in [0.25, 0.3) is 0 Å². The Morgan fingerprint density at radius 1 is 1.08 bits per heavy atom. The zero-order valence-corrected chi connectivity index (χ0v) is 14.5. The fourth-order valence-electron chi connectivity index (χ4n) is 2.89. The number of H-pyrrole nitrogens is 1. The monoisotopic (exact) mass is 348 g/mol. The molecule has 25 heavy (non-hydrogen) atoms. The van der Waals surface area contributed by atoms with Gasteiger partial charge in [-0.1, -0.05) is 23.7 Å². The summed E-state index contributed by atoms with van der Waals surface area (Å²) in [7, 11) is 0.